The summed E-state index contributed by atoms with van der Waals surface area (Å²) in [6, 6.07) is 9.85. The van der Waals surface area contributed by atoms with E-state index in [-0.39, 0.29) is 0 Å². The van der Waals surface area contributed by atoms with E-state index in [1.54, 1.807) is 6.20 Å². The Morgan fingerprint density at radius 1 is 1.24 bits per heavy atom. The second-order valence-corrected chi connectivity index (χ2v) is 3.91. The van der Waals surface area contributed by atoms with Crippen molar-refractivity contribution in [2.75, 3.05) is 0 Å². The van der Waals surface area contributed by atoms with Crippen molar-refractivity contribution in [2.24, 2.45) is 5.73 Å². The monoisotopic (exact) mass is 227 g/mol. The van der Waals surface area contributed by atoms with Gasteiger partial charge in [-0.25, -0.2) is 0 Å². The Kier molecular flexibility index (Phi) is 2.42. The van der Waals surface area contributed by atoms with Gasteiger partial charge in [0.15, 0.2) is 0 Å². The Hall–Kier alpha value is -2.07. The number of furan rings is 1. The molecular formula is C13H13N3O. The maximum Gasteiger partial charge on any atom is 0.134 e. The van der Waals surface area contributed by atoms with Crippen molar-refractivity contribution in [3.63, 3.8) is 0 Å². The molecule has 3 aromatic rings. The molecule has 0 aliphatic carbocycles. The minimum Gasteiger partial charge on any atom is -0.459 e. The predicted octanol–water partition coefficient (Wildman–Crippen LogP) is 2.14. The van der Waals surface area contributed by atoms with E-state index >= 15 is 0 Å². The van der Waals surface area contributed by atoms with E-state index in [1.165, 1.54) is 0 Å². The Morgan fingerprint density at radius 3 is 2.88 bits per heavy atom. The SMILES string of the molecule is NCc1c(Cn2cccn2)oc2ccccc12. The number of benzene rings is 1. The van der Waals surface area contributed by atoms with Gasteiger partial charge in [0.1, 0.15) is 11.3 Å². The normalized spacial score (nSPS) is 11.1. The van der Waals surface area contributed by atoms with E-state index in [0.29, 0.717) is 13.1 Å². The van der Waals surface area contributed by atoms with E-state index in [4.69, 9.17) is 10.2 Å². The Balaban J connectivity index is 2.09. The molecule has 0 bridgehead atoms. The van der Waals surface area contributed by atoms with Gasteiger partial charge in [-0.15, -0.1) is 0 Å². The molecule has 0 atom stereocenters. The molecule has 0 saturated heterocycles. The minimum absolute atomic E-state index is 0.480. The third-order valence-corrected chi connectivity index (χ3v) is 2.85. The van der Waals surface area contributed by atoms with Crippen molar-refractivity contribution in [1.29, 1.82) is 0 Å². The van der Waals surface area contributed by atoms with Crippen LogP contribution in [0.4, 0.5) is 0 Å². The minimum atomic E-state index is 0.480. The third kappa shape index (κ3) is 1.72. The molecule has 0 amide bonds. The van der Waals surface area contributed by atoms with Crippen molar-refractivity contribution in [3.8, 4) is 0 Å². The zero-order chi connectivity index (χ0) is 11.7. The summed E-state index contributed by atoms with van der Waals surface area (Å²) >= 11 is 0. The van der Waals surface area contributed by atoms with Crippen LogP contribution in [-0.4, -0.2) is 9.78 Å². The van der Waals surface area contributed by atoms with Gasteiger partial charge < -0.3 is 10.2 Å². The first kappa shape index (κ1) is 10.1. The molecule has 0 aliphatic heterocycles. The summed E-state index contributed by atoms with van der Waals surface area (Å²) < 4.78 is 7.65. The number of hydrogen-bond acceptors (Lipinski definition) is 3. The van der Waals surface area contributed by atoms with Crippen LogP contribution < -0.4 is 5.73 Å². The summed E-state index contributed by atoms with van der Waals surface area (Å²) in [6.07, 6.45) is 3.66. The summed E-state index contributed by atoms with van der Waals surface area (Å²) in [5, 5.41) is 5.27. The lowest BCUT2D eigenvalue weighted by Gasteiger charge is -2.00. The molecule has 2 heterocycles. The fourth-order valence-corrected chi connectivity index (χ4v) is 2.04. The standard InChI is InChI=1S/C13H13N3O/c14-8-11-10-4-1-2-5-12(10)17-13(11)9-16-7-3-6-15-16/h1-7H,8-9,14H2. The van der Waals surface area contributed by atoms with Crippen molar-refractivity contribution in [3.05, 3.63) is 54.0 Å². The molecule has 2 aromatic heterocycles. The van der Waals surface area contributed by atoms with Gasteiger partial charge >= 0.3 is 0 Å². The summed E-state index contributed by atoms with van der Waals surface area (Å²) in [5.41, 5.74) is 7.75. The topological polar surface area (TPSA) is 57.0 Å². The Labute approximate surface area is 98.6 Å². The van der Waals surface area contributed by atoms with Crippen LogP contribution in [-0.2, 0) is 13.1 Å². The number of nitrogens with two attached hydrogens (primary N) is 1. The second kappa shape index (κ2) is 4.07. The average molecular weight is 227 g/mol. The highest BCUT2D eigenvalue weighted by Gasteiger charge is 2.12. The molecule has 86 valence electrons. The van der Waals surface area contributed by atoms with Crippen LogP contribution in [0.3, 0.4) is 0 Å². The number of rotatable bonds is 3. The molecule has 0 saturated carbocycles. The van der Waals surface area contributed by atoms with Crippen molar-refractivity contribution in [2.45, 2.75) is 13.1 Å². The first-order chi connectivity index (χ1) is 8.38. The maximum absolute atomic E-state index is 5.82. The van der Waals surface area contributed by atoms with E-state index < -0.39 is 0 Å². The molecule has 0 spiro atoms. The Morgan fingerprint density at radius 2 is 2.12 bits per heavy atom. The lowest BCUT2D eigenvalue weighted by atomic mass is 10.1. The summed E-state index contributed by atoms with van der Waals surface area (Å²) in [5.74, 6) is 0.886. The molecule has 0 fully saturated rings. The first-order valence-corrected chi connectivity index (χ1v) is 5.55. The van der Waals surface area contributed by atoms with Gasteiger partial charge in [-0.1, -0.05) is 18.2 Å². The predicted molar refractivity (Wildman–Crippen MR) is 65.4 cm³/mol. The Bertz CT molecular complexity index is 625. The number of aromatic nitrogens is 2. The number of para-hydroxylation sites is 1. The van der Waals surface area contributed by atoms with Crippen LogP contribution in [0.15, 0.2) is 47.1 Å². The average Bonchev–Trinajstić information content (AvgIpc) is 2.96. The van der Waals surface area contributed by atoms with Gasteiger partial charge in [0.05, 0.1) is 6.54 Å². The molecule has 0 unspecified atom stereocenters. The molecule has 0 aliphatic rings. The highest BCUT2D eigenvalue weighted by molar-refractivity contribution is 5.82. The van der Waals surface area contributed by atoms with Gasteiger partial charge in [-0.3, -0.25) is 4.68 Å². The fourth-order valence-electron chi connectivity index (χ4n) is 2.04. The van der Waals surface area contributed by atoms with Crippen molar-refractivity contribution >= 4 is 11.0 Å². The molecule has 17 heavy (non-hydrogen) atoms. The van der Waals surface area contributed by atoms with E-state index in [9.17, 15) is 0 Å². The van der Waals surface area contributed by atoms with Crippen LogP contribution in [0, 0.1) is 0 Å². The van der Waals surface area contributed by atoms with Crippen LogP contribution in [0.1, 0.15) is 11.3 Å². The zero-order valence-corrected chi connectivity index (χ0v) is 9.34. The van der Waals surface area contributed by atoms with E-state index in [0.717, 1.165) is 22.3 Å². The van der Waals surface area contributed by atoms with Gasteiger partial charge in [-0.05, 0) is 12.1 Å². The molecule has 4 heteroatoms. The first-order valence-electron chi connectivity index (χ1n) is 5.55. The zero-order valence-electron chi connectivity index (χ0n) is 9.34. The lowest BCUT2D eigenvalue weighted by Crippen LogP contribution is -2.04. The molecule has 4 nitrogen and oxygen atoms in total. The number of hydrogen-bond donors (Lipinski definition) is 1. The smallest absolute Gasteiger partial charge is 0.134 e. The molecule has 2 N–H and O–H groups in total. The van der Waals surface area contributed by atoms with E-state index in [2.05, 4.69) is 5.10 Å². The maximum atomic E-state index is 5.82. The van der Waals surface area contributed by atoms with Crippen LogP contribution in [0.2, 0.25) is 0 Å². The van der Waals surface area contributed by atoms with Crippen LogP contribution in [0.5, 0.6) is 0 Å². The highest BCUT2D eigenvalue weighted by atomic mass is 16.3. The molecular weight excluding hydrogens is 214 g/mol. The molecule has 3 rings (SSSR count). The van der Waals surface area contributed by atoms with Gasteiger partial charge in [0, 0.05) is 29.9 Å². The number of fused-ring (bicyclic) bond motifs is 1. The lowest BCUT2D eigenvalue weighted by molar-refractivity contribution is 0.504. The van der Waals surface area contributed by atoms with Gasteiger partial charge in [-0.2, -0.15) is 5.10 Å². The van der Waals surface area contributed by atoms with Crippen molar-refractivity contribution in [1.82, 2.24) is 9.78 Å². The molecule has 1 aromatic carbocycles. The van der Waals surface area contributed by atoms with Gasteiger partial charge in [0.2, 0.25) is 0 Å². The molecule has 0 radical (unpaired) electrons. The summed E-state index contributed by atoms with van der Waals surface area (Å²) in [7, 11) is 0. The van der Waals surface area contributed by atoms with Crippen LogP contribution >= 0.6 is 0 Å². The van der Waals surface area contributed by atoms with Crippen molar-refractivity contribution < 1.29 is 4.42 Å². The number of nitrogens with zero attached hydrogens (tertiary/aromatic N) is 2. The largest absolute Gasteiger partial charge is 0.459 e. The summed E-state index contributed by atoms with van der Waals surface area (Å²) in [6.45, 7) is 1.10. The quantitative estimate of drug-likeness (QED) is 0.745. The summed E-state index contributed by atoms with van der Waals surface area (Å²) in [4.78, 5) is 0. The van der Waals surface area contributed by atoms with Crippen LogP contribution in [0.25, 0.3) is 11.0 Å². The van der Waals surface area contributed by atoms with Gasteiger partial charge in [0.25, 0.3) is 0 Å². The third-order valence-electron chi connectivity index (χ3n) is 2.85. The van der Waals surface area contributed by atoms with E-state index in [1.807, 2.05) is 41.2 Å². The highest BCUT2D eigenvalue weighted by Crippen LogP contribution is 2.25. The fraction of sp³-hybridized carbons (Fsp3) is 0.154. The second-order valence-electron chi connectivity index (χ2n) is 3.91.